The highest BCUT2D eigenvalue weighted by Crippen LogP contribution is 2.28. The lowest BCUT2D eigenvalue weighted by molar-refractivity contribution is -0.253. The molecule has 0 radical (unpaired) electrons. The Kier molecular flexibility index (Phi) is 6.16. The van der Waals surface area contributed by atoms with Gasteiger partial charge in [-0.3, -0.25) is 9.69 Å². The lowest BCUT2D eigenvalue weighted by Gasteiger charge is -2.18. The summed E-state index contributed by atoms with van der Waals surface area (Å²) in [7, 11) is 0.963. The number of rotatable bonds is 5. The van der Waals surface area contributed by atoms with Gasteiger partial charge in [0.1, 0.15) is 22.9 Å². The van der Waals surface area contributed by atoms with Gasteiger partial charge in [-0.1, -0.05) is 6.07 Å². The molecule has 2 rings (SSSR count). The summed E-state index contributed by atoms with van der Waals surface area (Å²) in [5.74, 6) is -4.18. The maximum Gasteiger partial charge on any atom is 0.461 e. The number of alkyl halides is 4. The van der Waals surface area contributed by atoms with E-state index in [4.69, 9.17) is 0 Å². The molecule has 0 bridgehead atoms. The minimum absolute atomic E-state index is 0.0219. The van der Waals surface area contributed by atoms with Crippen LogP contribution in [0, 0.1) is 11.6 Å². The van der Waals surface area contributed by atoms with E-state index < -0.39 is 47.4 Å². The molecule has 0 aliphatic carbocycles. The molecule has 5 nitrogen and oxygen atoms in total. The van der Waals surface area contributed by atoms with Crippen molar-refractivity contribution >= 4 is 17.6 Å². The Hall–Kier alpha value is -3.24. The van der Waals surface area contributed by atoms with Crippen LogP contribution in [0.2, 0.25) is 0 Å². The van der Waals surface area contributed by atoms with Crippen LogP contribution >= 0.6 is 0 Å². The van der Waals surface area contributed by atoms with Gasteiger partial charge in [-0.25, -0.2) is 13.6 Å². The van der Waals surface area contributed by atoms with Crippen molar-refractivity contribution in [2.24, 2.45) is 0 Å². The van der Waals surface area contributed by atoms with Gasteiger partial charge < -0.3 is 10.1 Å². The minimum atomic E-state index is -4.69. The highest BCUT2D eigenvalue weighted by atomic mass is 19.3. The molecule has 0 heterocycles. The summed E-state index contributed by atoms with van der Waals surface area (Å²) in [4.78, 5) is 24.6. The molecule has 3 amide bonds. The van der Waals surface area contributed by atoms with E-state index >= 15 is 0 Å². The number of benzene rings is 2. The standard InChI is InChI=1S/C17H12F6N2O3/c1-25(14(26)13-11(18)3-2-4-12(13)19)16(27)24-9-5-7-10(8-6-9)28-17(22,23)15(20)21/h2-8,15H,1H3,(H,24,27). The van der Waals surface area contributed by atoms with Gasteiger partial charge in [0.05, 0.1) is 0 Å². The first kappa shape index (κ1) is 21.1. The Bertz CT molecular complexity index is 853. The molecule has 0 spiro atoms. The van der Waals surface area contributed by atoms with Crippen LogP contribution in [0.1, 0.15) is 10.4 Å². The number of hydrogen-bond acceptors (Lipinski definition) is 3. The first-order valence-corrected chi connectivity index (χ1v) is 7.51. The Morgan fingerprint density at radius 2 is 1.57 bits per heavy atom. The maximum atomic E-state index is 13.6. The van der Waals surface area contributed by atoms with E-state index in [2.05, 4.69) is 10.1 Å². The van der Waals surface area contributed by atoms with Crippen molar-refractivity contribution in [3.05, 3.63) is 59.7 Å². The number of carbonyl (C=O) groups is 2. The summed E-state index contributed by atoms with van der Waals surface area (Å²) in [6, 6.07) is 5.48. The zero-order chi connectivity index (χ0) is 21.1. The monoisotopic (exact) mass is 406 g/mol. The van der Waals surface area contributed by atoms with Gasteiger partial charge in [0, 0.05) is 12.7 Å². The molecule has 150 valence electrons. The van der Waals surface area contributed by atoms with Crippen LogP contribution in [0.4, 0.5) is 36.8 Å². The first-order chi connectivity index (χ1) is 13.0. The summed E-state index contributed by atoms with van der Waals surface area (Å²) >= 11 is 0. The van der Waals surface area contributed by atoms with Gasteiger partial charge in [-0.2, -0.15) is 17.6 Å². The number of nitrogens with one attached hydrogen (secondary N) is 1. The van der Waals surface area contributed by atoms with E-state index in [9.17, 15) is 35.9 Å². The topological polar surface area (TPSA) is 58.6 Å². The number of nitrogens with zero attached hydrogens (tertiary/aromatic N) is 1. The largest absolute Gasteiger partial charge is 0.461 e. The fourth-order valence-electron chi connectivity index (χ4n) is 1.98. The fraction of sp³-hybridized carbons (Fsp3) is 0.176. The fourth-order valence-corrected chi connectivity index (χ4v) is 1.98. The lowest BCUT2D eigenvalue weighted by atomic mass is 10.2. The minimum Gasteiger partial charge on any atom is -0.428 e. The van der Waals surface area contributed by atoms with Gasteiger partial charge in [-0.05, 0) is 36.4 Å². The van der Waals surface area contributed by atoms with Gasteiger partial charge in [0.2, 0.25) is 0 Å². The summed E-state index contributed by atoms with van der Waals surface area (Å²) in [6.07, 6.45) is -8.73. The van der Waals surface area contributed by atoms with E-state index in [1.54, 1.807) is 0 Å². The molecule has 0 aliphatic heterocycles. The first-order valence-electron chi connectivity index (χ1n) is 7.51. The Morgan fingerprint density at radius 1 is 1.04 bits per heavy atom. The third-order valence-corrected chi connectivity index (χ3v) is 3.40. The molecule has 0 aliphatic rings. The molecular weight excluding hydrogens is 394 g/mol. The number of urea groups is 1. The lowest BCUT2D eigenvalue weighted by Crippen LogP contribution is -2.37. The number of hydrogen-bond donors (Lipinski definition) is 1. The molecule has 0 saturated carbocycles. The van der Waals surface area contributed by atoms with E-state index in [0.29, 0.717) is 4.90 Å². The van der Waals surface area contributed by atoms with Gasteiger partial charge in [0.15, 0.2) is 0 Å². The molecule has 0 fully saturated rings. The number of halogens is 6. The van der Waals surface area contributed by atoms with Gasteiger partial charge in [0.25, 0.3) is 5.91 Å². The van der Waals surface area contributed by atoms with Crippen molar-refractivity contribution in [3.63, 3.8) is 0 Å². The number of ether oxygens (including phenoxy) is 1. The van der Waals surface area contributed by atoms with Crippen molar-refractivity contribution in [1.82, 2.24) is 4.90 Å². The smallest absolute Gasteiger partial charge is 0.428 e. The van der Waals surface area contributed by atoms with E-state index in [1.807, 2.05) is 0 Å². The number of amides is 3. The van der Waals surface area contributed by atoms with Crippen LogP contribution in [0.15, 0.2) is 42.5 Å². The van der Waals surface area contributed by atoms with E-state index in [-0.39, 0.29) is 5.69 Å². The van der Waals surface area contributed by atoms with Crippen LogP contribution in [0.5, 0.6) is 5.75 Å². The second kappa shape index (κ2) is 8.19. The van der Waals surface area contributed by atoms with Crippen LogP contribution < -0.4 is 10.1 Å². The van der Waals surface area contributed by atoms with E-state index in [1.165, 1.54) is 0 Å². The quantitative estimate of drug-likeness (QED) is 0.744. The number of anilines is 1. The predicted molar refractivity (Wildman–Crippen MR) is 85.5 cm³/mol. The average molecular weight is 406 g/mol. The summed E-state index contributed by atoms with van der Waals surface area (Å²) in [5, 5.41) is 2.17. The van der Waals surface area contributed by atoms with Crippen molar-refractivity contribution in [2.45, 2.75) is 12.5 Å². The van der Waals surface area contributed by atoms with Crippen molar-refractivity contribution in [2.75, 3.05) is 12.4 Å². The third-order valence-electron chi connectivity index (χ3n) is 3.40. The summed E-state index contributed by atoms with van der Waals surface area (Å²) in [5.41, 5.74) is -0.954. The predicted octanol–water partition coefficient (Wildman–Crippen LogP) is 4.51. The van der Waals surface area contributed by atoms with Gasteiger partial charge >= 0.3 is 18.6 Å². The number of carbonyl (C=O) groups excluding carboxylic acids is 2. The second-order valence-electron chi connectivity index (χ2n) is 5.38. The Labute approximate surface area is 154 Å². The molecule has 2 aromatic carbocycles. The second-order valence-corrected chi connectivity index (χ2v) is 5.38. The summed E-state index contributed by atoms with van der Waals surface area (Å²) in [6.45, 7) is 0. The zero-order valence-corrected chi connectivity index (χ0v) is 14.1. The van der Waals surface area contributed by atoms with Crippen LogP contribution in [-0.2, 0) is 0 Å². The zero-order valence-electron chi connectivity index (χ0n) is 14.1. The average Bonchev–Trinajstić information content (AvgIpc) is 2.62. The third kappa shape index (κ3) is 4.72. The van der Waals surface area contributed by atoms with Crippen molar-refractivity contribution < 1.29 is 40.7 Å². The van der Waals surface area contributed by atoms with Gasteiger partial charge in [-0.15, -0.1) is 0 Å². The highest BCUT2D eigenvalue weighted by Gasteiger charge is 2.43. The van der Waals surface area contributed by atoms with Crippen LogP contribution in [-0.4, -0.2) is 36.4 Å². The molecule has 0 atom stereocenters. The van der Waals surface area contributed by atoms with Crippen LogP contribution in [0.3, 0.4) is 0 Å². The molecule has 11 heteroatoms. The van der Waals surface area contributed by atoms with Crippen molar-refractivity contribution in [3.8, 4) is 5.75 Å². The Morgan fingerprint density at radius 3 is 2.07 bits per heavy atom. The molecule has 0 saturated heterocycles. The maximum absolute atomic E-state index is 13.6. The van der Waals surface area contributed by atoms with E-state index in [0.717, 1.165) is 49.5 Å². The molecule has 2 aromatic rings. The van der Waals surface area contributed by atoms with Crippen molar-refractivity contribution in [1.29, 1.82) is 0 Å². The number of imide groups is 1. The normalized spacial score (nSPS) is 11.3. The molecule has 1 N–H and O–H groups in total. The highest BCUT2D eigenvalue weighted by molar-refractivity contribution is 6.07. The molecule has 28 heavy (non-hydrogen) atoms. The van der Waals surface area contributed by atoms with Crippen LogP contribution in [0.25, 0.3) is 0 Å². The molecule has 0 unspecified atom stereocenters. The SMILES string of the molecule is CN(C(=O)Nc1ccc(OC(F)(F)C(F)F)cc1)C(=O)c1c(F)cccc1F. The molecular formula is C17H12F6N2O3. The summed E-state index contributed by atoms with van der Waals surface area (Å²) < 4.78 is 80.9. The Balaban J connectivity index is 2.07. The molecule has 0 aromatic heterocycles.